The first-order valence-electron chi connectivity index (χ1n) is 10.3. The van der Waals surface area contributed by atoms with Gasteiger partial charge in [-0.1, -0.05) is 52.3 Å². The van der Waals surface area contributed by atoms with Crippen LogP contribution in [-0.2, 0) is 10.2 Å². The molecule has 0 atom stereocenters. The molecular formula is C24H32N2O3. The Bertz CT molecular complexity index is 813. The van der Waals surface area contributed by atoms with Crippen molar-refractivity contribution in [3.8, 4) is 5.75 Å². The van der Waals surface area contributed by atoms with Crippen LogP contribution in [0.3, 0.4) is 0 Å². The molecule has 0 aliphatic rings. The summed E-state index contributed by atoms with van der Waals surface area (Å²) in [4.78, 5) is 24.4. The van der Waals surface area contributed by atoms with E-state index in [0.717, 1.165) is 19.3 Å². The van der Waals surface area contributed by atoms with E-state index in [1.54, 1.807) is 24.3 Å². The Morgan fingerprint density at radius 2 is 1.76 bits per heavy atom. The van der Waals surface area contributed by atoms with Gasteiger partial charge in [0.2, 0.25) is 0 Å². The van der Waals surface area contributed by atoms with Gasteiger partial charge >= 0.3 is 0 Å². The van der Waals surface area contributed by atoms with Crippen molar-refractivity contribution in [1.82, 2.24) is 5.32 Å². The van der Waals surface area contributed by atoms with Gasteiger partial charge in [-0.2, -0.15) is 0 Å². The predicted octanol–water partition coefficient (Wildman–Crippen LogP) is 4.92. The fourth-order valence-electron chi connectivity index (χ4n) is 2.77. The first kappa shape index (κ1) is 22.5. The molecule has 2 aromatic carbocycles. The Morgan fingerprint density at radius 1 is 1.03 bits per heavy atom. The summed E-state index contributed by atoms with van der Waals surface area (Å²) in [5.41, 5.74) is 2.45. The molecule has 5 nitrogen and oxygen atoms in total. The molecule has 2 rings (SSSR count). The van der Waals surface area contributed by atoms with Crippen molar-refractivity contribution >= 4 is 17.5 Å². The second kappa shape index (κ2) is 10.6. The summed E-state index contributed by atoms with van der Waals surface area (Å²) in [7, 11) is 0. The molecule has 0 spiro atoms. The zero-order valence-corrected chi connectivity index (χ0v) is 17.9. The third kappa shape index (κ3) is 6.93. The van der Waals surface area contributed by atoms with Gasteiger partial charge in [0.1, 0.15) is 5.75 Å². The van der Waals surface area contributed by atoms with Crippen molar-refractivity contribution in [3.63, 3.8) is 0 Å². The van der Waals surface area contributed by atoms with Crippen LogP contribution in [-0.4, -0.2) is 25.0 Å². The molecule has 2 aromatic rings. The third-order valence-electron chi connectivity index (χ3n) is 5.11. The summed E-state index contributed by atoms with van der Waals surface area (Å²) in [6, 6.07) is 14.8. The number of benzene rings is 2. The van der Waals surface area contributed by atoms with E-state index in [4.69, 9.17) is 4.74 Å². The van der Waals surface area contributed by atoms with Crippen LogP contribution in [0.4, 0.5) is 5.69 Å². The number of hydrogen-bond acceptors (Lipinski definition) is 3. The van der Waals surface area contributed by atoms with E-state index in [1.165, 1.54) is 5.56 Å². The Hall–Kier alpha value is -2.82. The topological polar surface area (TPSA) is 67.4 Å². The molecule has 5 heteroatoms. The van der Waals surface area contributed by atoms with Crippen LogP contribution in [0.5, 0.6) is 5.75 Å². The molecule has 0 aliphatic carbocycles. The summed E-state index contributed by atoms with van der Waals surface area (Å²) in [5, 5.41) is 5.65. The number of anilines is 1. The fraction of sp³-hybridized carbons (Fsp3) is 0.417. The zero-order chi connectivity index (χ0) is 21.3. The molecule has 0 saturated carbocycles. The number of carbonyl (C=O) groups is 2. The van der Waals surface area contributed by atoms with Crippen molar-refractivity contribution in [2.75, 3.05) is 18.5 Å². The molecule has 2 N–H and O–H groups in total. The number of rotatable bonds is 10. The number of unbranched alkanes of at least 4 members (excludes halogenated alkanes) is 1. The maximum absolute atomic E-state index is 12.2. The minimum Gasteiger partial charge on any atom is -0.484 e. The molecule has 156 valence electrons. The summed E-state index contributed by atoms with van der Waals surface area (Å²) < 4.78 is 5.59. The van der Waals surface area contributed by atoms with E-state index in [1.807, 2.05) is 24.3 Å². The van der Waals surface area contributed by atoms with Gasteiger partial charge in [-0.15, -0.1) is 0 Å². The van der Waals surface area contributed by atoms with E-state index >= 15 is 0 Å². The Labute approximate surface area is 173 Å². The summed E-state index contributed by atoms with van der Waals surface area (Å²) >= 11 is 0. The zero-order valence-electron chi connectivity index (χ0n) is 17.9. The number of carbonyl (C=O) groups excluding carboxylic acids is 2. The van der Waals surface area contributed by atoms with Gasteiger partial charge in [-0.25, -0.2) is 0 Å². The van der Waals surface area contributed by atoms with Crippen LogP contribution < -0.4 is 15.4 Å². The lowest BCUT2D eigenvalue weighted by Crippen LogP contribution is -2.25. The first-order chi connectivity index (χ1) is 13.9. The smallest absolute Gasteiger partial charge is 0.262 e. The van der Waals surface area contributed by atoms with Crippen LogP contribution in [0, 0.1) is 0 Å². The first-order valence-corrected chi connectivity index (χ1v) is 10.3. The lowest BCUT2D eigenvalue weighted by Gasteiger charge is -2.23. The second-order valence-corrected chi connectivity index (χ2v) is 7.79. The monoisotopic (exact) mass is 396 g/mol. The van der Waals surface area contributed by atoms with Crippen LogP contribution in [0.15, 0.2) is 48.5 Å². The molecule has 0 saturated heterocycles. The standard InChI is InChI=1S/C24H32N2O3/c1-5-7-15-25-23(28)18-9-8-10-20(16-18)26-22(27)17-29-21-13-11-19(12-14-21)24(3,4)6-2/h8-14,16H,5-7,15,17H2,1-4H3,(H,25,28)(H,26,27). The van der Waals surface area contributed by atoms with Gasteiger partial charge in [0.05, 0.1) is 0 Å². The highest BCUT2D eigenvalue weighted by molar-refractivity contribution is 5.97. The van der Waals surface area contributed by atoms with Gasteiger partial charge < -0.3 is 15.4 Å². The maximum Gasteiger partial charge on any atom is 0.262 e. The molecule has 2 amide bonds. The van der Waals surface area contributed by atoms with Crippen LogP contribution in [0.25, 0.3) is 0 Å². The number of nitrogens with one attached hydrogen (secondary N) is 2. The van der Waals surface area contributed by atoms with Crippen molar-refractivity contribution in [2.45, 2.75) is 52.4 Å². The largest absolute Gasteiger partial charge is 0.484 e. The Morgan fingerprint density at radius 3 is 2.41 bits per heavy atom. The van der Waals surface area contributed by atoms with E-state index in [0.29, 0.717) is 23.5 Å². The minimum absolute atomic E-state index is 0.0938. The van der Waals surface area contributed by atoms with Crippen LogP contribution in [0.2, 0.25) is 0 Å². The Kier molecular flexibility index (Phi) is 8.25. The van der Waals surface area contributed by atoms with E-state index in [2.05, 4.69) is 38.3 Å². The normalized spacial score (nSPS) is 11.0. The fourth-order valence-corrected chi connectivity index (χ4v) is 2.77. The van der Waals surface area contributed by atoms with E-state index in [-0.39, 0.29) is 23.8 Å². The van der Waals surface area contributed by atoms with Crippen molar-refractivity contribution in [2.24, 2.45) is 0 Å². The van der Waals surface area contributed by atoms with E-state index < -0.39 is 0 Å². The highest BCUT2D eigenvalue weighted by Gasteiger charge is 2.17. The quantitative estimate of drug-likeness (QED) is 0.560. The second-order valence-electron chi connectivity index (χ2n) is 7.79. The third-order valence-corrected chi connectivity index (χ3v) is 5.11. The average molecular weight is 397 g/mol. The average Bonchev–Trinajstić information content (AvgIpc) is 2.73. The molecule has 29 heavy (non-hydrogen) atoms. The van der Waals surface area contributed by atoms with Crippen LogP contribution >= 0.6 is 0 Å². The number of hydrogen-bond donors (Lipinski definition) is 2. The molecule has 0 bridgehead atoms. The maximum atomic E-state index is 12.2. The van der Waals surface area contributed by atoms with Crippen molar-refractivity contribution in [3.05, 3.63) is 59.7 Å². The lowest BCUT2D eigenvalue weighted by atomic mass is 9.82. The highest BCUT2D eigenvalue weighted by Crippen LogP contribution is 2.28. The van der Waals surface area contributed by atoms with Gasteiger partial charge in [0.25, 0.3) is 11.8 Å². The molecular weight excluding hydrogens is 364 g/mol. The van der Waals surface area contributed by atoms with Gasteiger partial charge in [0.15, 0.2) is 6.61 Å². The van der Waals surface area contributed by atoms with Crippen LogP contribution in [0.1, 0.15) is 62.9 Å². The molecule has 0 aromatic heterocycles. The van der Waals surface area contributed by atoms with Gasteiger partial charge in [-0.3, -0.25) is 9.59 Å². The molecule has 0 aliphatic heterocycles. The molecule has 0 radical (unpaired) electrons. The number of amides is 2. The minimum atomic E-state index is -0.272. The van der Waals surface area contributed by atoms with Gasteiger partial charge in [0, 0.05) is 17.8 Å². The summed E-state index contributed by atoms with van der Waals surface area (Å²) in [6.07, 6.45) is 3.01. The van der Waals surface area contributed by atoms with E-state index in [9.17, 15) is 9.59 Å². The molecule has 0 unspecified atom stereocenters. The Balaban J connectivity index is 1.88. The highest BCUT2D eigenvalue weighted by atomic mass is 16.5. The van der Waals surface area contributed by atoms with Crippen molar-refractivity contribution < 1.29 is 14.3 Å². The van der Waals surface area contributed by atoms with Gasteiger partial charge in [-0.05, 0) is 54.2 Å². The van der Waals surface area contributed by atoms with Crippen molar-refractivity contribution in [1.29, 1.82) is 0 Å². The SMILES string of the molecule is CCCCNC(=O)c1cccc(NC(=O)COc2ccc(C(C)(C)CC)cc2)c1. The molecule has 0 fully saturated rings. The lowest BCUT2D eigenvalue weighted by molar-refractivity contribution is -0.118. The molecule has 0 heterocycles. The predicted molar refractivity (Wildman–Crippen MR) is 118 cm³/mol. The summed E-state index contributed by atoms with van der Waals surface area (Å²) in [6.45, 7) is 9.20. The number of ether oxygens (including phenoxy) is 1. The summed E-state index contributed by atoms with van der Waals surface area (Å²) in [5.74, 6) is 0.243.